The molecule has 0 spiro atoms. The van der Waals surface area contributed by atoms with Gasteiger partial charge in [-0.2, -0.15) is 5.10 Å². The SMILES string of the molecule is O=C(O)c1ccc(-n2cccn2)cn1. The third-order valence-corrected chi connectivity index (χ3v) is 1.74. The van der Waals surface area contributed by atoms with Gasteiger partial charge < -0.3 is 5.11 Å². The van der Waals surface area contributed by atoms with Crippen LogP contribution in [-0.2, 0) is 0 Å². The topological polar surface area (TPSA) is 68.0 Å². The summed E-state index contributed by atoms with van der Waals surface area (Å²) < 4.78 is 1.61. The second-order valence-corrected chi connectivity index (χ2v) is 2.66. The minimum atomic E-state index is -1.03. The summed E-state index contributed by atoms with van der Waals surface area (Å²) in [7, 11) is 0. The van der Waals surface area contributed by atoms with E-state index in [1.165, 1.54) is 12.3 Å². The minimum absolute atomic E-state index is 0.0286. The van der Waals surface area contributed by atoms with Gasteiger partial charge in [0, 0.05) is 12.4 Å². The van der Waals surface area contributed by atoms with E-state index < -0.39 is 5.97 Å². The second-order valence-electron chi connectivity index (χ2n) is 2.66. The fraction of sp³-hybridized carbons (Fsp3) is 0. The molecule has 0 bridgehead atoms. The van der Waals surface area contributed by atoms with Gasteiger partial charge in [0.1, 0.15) is 5.69 Å². The van der Waals surface area contributed by atoms with Crippen molar-refractivity contribution in [3.8, 4) is 5.69 Å². The summed E-state index contributed by atoms with van der Waals surface area (Å²) in [5, 5.41) is 12.6. The smallest absolute Gasteiger partial charge is 0.354 e. The average Bonchev–Trinajstić information content (AvgIpc) is 2.71. The number of carboxylic acid groups (broad SMARTS) is 1. The normalized spacial score (nSPS) is 10.0. The van der Waals surface area contributed by atoms with Crippen LogP contribution in [0.3, 0.4) is 0 Å². The molecule has 0 aromatic carbocycles. The highest BCUT2D eigenvalue weighted by Gasteiger charge is 2.03. The van der Waals surface area contributed by atoms with Gasteiger partial charge in [0.2, 0.25) is 0 Å². The van der Waals surface area contributed by atoms with Crippen LogP contribution in [0.2, 0.25) is 0 Å². The Labute approximate surface area is 79.6 Å². The van der Waals surface area contributed by atoms with Crippen LogP contribution in [0.1, 0.15) is 10.5 Å². The number of carbonyl (C=O) groups is 1. The van der Waals surface area contributed by atoms with Crippen LogP contribution in [0, 0.1) is 0 Å². The number of hydrogen-bond acceptors (Lipinski definition) is 3. The predicted octanol–water partition coefficient (Wildman–Crippen LogP) is 0.965. The summed E-state index contributed by atoms with van der Waals surface area (Å²) in [5.74, 6) is -1.03. The number of hydrogen-bond donors (Lipinski definition) is 1. The molecular formula is C9H7N3O2. The molecule has 5 heteroatoms. The molecule has 2 aromatic rings. The van der Waals surface area contributed by atoms with Crippen LogP contribution >= 0.6 is 0 Å². The molecule has 70 valence electrons. The standard InChI is InChI=1S/C9H7N3O2/c13-9(14)8-3-2-7(6-10-8)12-5-1-4-11-12/h1-6H,(H,13,14). The molecule has 14 heavy (non-hydrogen) atoms. The van der Waals surface area contributed by atoms with Gasteiger partial charge in [0.15, 0.2) is 0 Å². The Bertz CT molecular complexity index is 434. The first-order chi connectivity index (χ1) is 6.77. The van der Waals surface area contributed by atoms with Gasteiger partial charge >= 0.3 is 5.97 Å². The van der Waals surface area contributed by atoms with Crippen LogP contribution in [0.5, 0.6) is 0 Å². The lowest BCUT2D eigenvalue weighted by Crippen LogP contribution is -2.01. The van der Waals surface area contributed by atoms with Gasteiger partial charge in [-0.3, -0.25) is 0 Å². The van der Waals surface area contributed by atoms with E-state index in [0.717, 1.165) is 5.69 Å². The van der Waals surface area contributed by atoms with E-state index >= 15 is 0 Å². The number of nitrogens with zero attached hydrogens (tertiary/aromatic N) is 3. The molecule has 0 aliphatic heterocycles. The predicted molar refractivity (Wildman–Crippen MR) is 48.3 cm³/mol. The number of carboxylic acids is 1. The first-order valence-corrected chi connectivity index (χ1v) is 3.97. The maximum absolute atomic E-state index is 10.5. The monoisotopic (exact) mass is 189 g/mol. The quantitative estimate of drug-likeness (QED) is 0.764. The third-order valence-electron chi connectivity index (χ3n) is 1.74. The van der Waals surface area contributed by atoms with Crippen LogP contribution in [0.15, 0.2) is 36.8 Å². The minimum Gasteiger partial charge on any atom is -0.477 e. The first kappa shape index (κ1) is 8.43. The molecule has 0 unspecified atom stereocenters. The zero-order chi connectivity index (χ0) is 9.97. The van der Waals surface area contributed by atoms with Gasteiger partial charge in [-0.25, -0.2) is 14.5 Å². The highest BCUT2D eigenvalue weighted by atomic mass is 16.4. The molecule has 5 nitrogen and oxygen atoms in total. The van der Waals surface area contributed by atoms with E-state index in [-0.39, 0.29) is 5.69 Å². The Morgan fingerprint density at radius 1 is 1.43 bits per heavy atom. The molecule has 0 fully saturated rings. The summed E-state index contributed by atoms with van der Waals surface area (Å²) in [5.41, 5.74) is 0.765. The molecule has 2 heterocycles. The van der Waals surface area contributed by atoms with Gasteiger partial charge in [0.05, 0.1) is 11.9 Å². The molecule has 0 aliphatic carbocycles. The molecule has 0 atom stereocenters. The molecule has 0 aliphatic rings. The summed E-state index contributed by atoms with van der Waals surface area (Å²) in [6.45, 7) is 0. The number of aromatic nitrogens is 3. The maximum atomic E-state index is 10.5. The fourth-order valence-electron chi connectivity index (χ4n) is 1.07. The fourth-order valence-corrected chi connectivity index (χ4v) is 1.07. The Balaban J connectivity index is 2.36. The molecule has 2 rings (SSSR count). The van der Waals surface area contributed by atoms with E-state index in [4.69, 9.17) is 5.11 Å². The number of rotatable bonds is 2. The van der Waals surface area contributed by atoms with Gasteiger partial charge in [-0.15, -0.1) is 0 Å². The van der Waals surface area contributed by atoms with Gasteiger partial charge in [-0.05, 0) is 18.2 Å². The summed E-state index contributed by atoms with van der Waals surface area (Å²) >= 11 is 0. The Kier molecular flexibility index (Phi) is 1.98. The van der Waals surface area contributed by atoms with E-state index in [0.29, 0.717) is 0 Å². The van der Waals surface area contributed by atoms with Crippen molar-refractivity contribution in [1.29, 1.82) is 0 Å². The van der Waals surface area contributed by atoms with E-state index in [9.17, 15) is 4.79 Å². The van der Waals surface area contributed by atoms with E-state index in [1.54, 1.807) is 29.2 Å². The second kappa shape index (κ2) is 3.29. The van der Waals surface area contributed by atoms with E-state index in [1.807, 2.05) is 0 Å². The van der Waals surface area contributed by atoms with Crippen molar-refractivity contribution in [3.05, 3.63) is 42.5 Å². The molecule has 0 radical (unpaired) electrons. The molecule has 0 saturated carbocycles. The Morgan fingerprint density at radius 2 is 2.29 bits per heavy atom. The van der Waals surface area contributed by atoms with Crippen molar-refractivity contribution in [3.63, 3.8) is 0 Å². The zero-order valence-corrected chi connectivity index (χ0v) is 7.16. The first-order valence-electron chi connectivity index (χ1n) is 3.97. The summed E-state index contributed by atoms with van der Waals surface area (Å²) in [6.07, 6.45) is 4.87. The number of aromatic carboxylic acids is 1. The van der Waals surface area contributed by atoms with Crippen LogP contribution in [0.25, 0.3) is 5.69 Å². The molecule has 0 saturated heterocycles. The molecule has 2 aromatic heterocycles. The lowest BCUT2D eigenvalue weighted by atomic mass is 10.3. The third kappa shape index (κ3) is 1.47. The van der Waals surface area contributed by atoms with Gasteiger partial charge in [0.25, 0.3) is 0 Å². The lowest BCUT2D eigenvalue weighted by molar-refractivity contribution is 0.0690. The number of pyridine rings is 1. The Morgan fingerprint density at radius 3 is 2.79 bits per heavy atom. The lowest BCUT2D eigenvalue weighted by Gasteiger charge is -1.99. The Hall–Kier alpha value is -2.17. The molecule has 1 N–H and O–H groups in total. The summed E-state index contributed by atoms with van der Waals surface area (Å²) in [6, 6.07) is 4.88. The van der Waals surface area contributed by atoms with Crippen LogP contribution < -0.4 is 0 Å². The molecule has 0 amide bonds. The zero-order valence-electron chi connectivity index (χ0n) is 7.16. The van der Waals surface area contributed by atoms with Crippen LogP contribution in [-0.4, -0.2) is 25.8 Å². The van der Waals surface area contributed by atoms with Crippen molar-refractivity contribution in [2.24, 2.45) is 0 Å². The maximum Gasteiger partial charge on any atom is 0.354 e. The van der Waals surface area contributed by atoms with Crippen LogP contribution in [0.4, 0.5) is 0 Å². The highest BCUT2D eigenvalue weighted by molar-refractivity contribution is 5.85. The largest absolute Gasteiger partial charge is 0.477 e. The highest BCUT2D eigenvalue weighted by Crippen LogP contribution is 2.04. The van der Waals surface area contributed by atoms with Gasteiger partial charge in [-0.1, -0.05) is 0 Å². The van der Waals surface area contributed by atoms with Crippen molar-refractivity contribution in [2.75, 3.05) is 0 Å². The van der Waals surface area contributed by atoms with Crippen molar-refractivity contribution in [1.82, 2.24) is 14.8 Å². The average molecular weight is 189 g/mol. The van der Waals surface area contributed by atoms with E-state index in [2.05, 4.69) is 10.1 Å². The van der Waals surface area contributed by atoms with Crippen molar-refractivity contribution in [2.45, 2.75) is 0 Å². The van der Waals surface area contributed by atoms with Crippen molar-refractivity contribution < 1.29 is 9.90 Å². The van der Waals surface area contributed by atoms with Crippen molar-refractivity contribution >= 4 is 5.97 Å². The summed E-state index contributed by atoms with van der Waals surface area (Å²) in [4.78, 5) is 14.3. The molecular weight excluding hydrogens is 182 g/mol.